The molecule has 0 spiro atoms. The van der Waals surface area contributed by atoms with Gasteiger partial charge in [-0.15, -0.1) is 0 Å². The number of nitrogens with one attached hydrogen (secondary N) is 2. The highest BCUT2D eigenvalue weighted by molar-refractivity contribution is 5.88. The summed E-state index contributed by atoms with van der Waals surface area (Å²) in [5.41, 5.74) is 27.6. The van der Waals surface area contributed by atoms with E-state index in [0.29, 0.717) is 105 Å². The normalized spacial score (nSPS) is 11.4. The Kier molecular flexibility index (Phi) is 31.5. The van der Waals surface area contributed by atoms with Gasteiger partial charge < -0.3 is 83.7 Å². The first-order valence-corrected chi connectivity index (χ1v) is 44.9. The van der Waals surface area contributed by atoms with E-state index in [2.05, 4.69) is 118 Å². The summed E-state index contributed by atoms with van der Waals surface area (Å²) in [6.07, 6.45) is 17.0. The molecule has 140 heavy (non-hydrogen) atoms. The van der Waals surface area contributed by atoms with E-state index in [0.717, 1.165) is 150 Å². The molecule has 0 amide bonds. The molecule has 0 radical (unpaired) electrons. The minimum Gasteiger partial charge on any atom is -0.497 e. The van der Waals surface area contributed by atoms with Crippen LogP contribution in [0.4, 0.5) is 64.5 Å². The summed E-state index contributed by atoms with van der Waals surface area (Å²) in [6, 6.07) is 46.1. The average molecular weight is 1900 g/mol. The molecule has 8 aromatic carbocycles. The van der Waals surface area contributed by atoms with Gasteiger partial charge >= 0.3 is 6.18 Å². The van der Waals surface area contributed by atoms with Gasteiger partial charge in [0.25, 0.3) is 0 Å². The lowest BCUT2D eigenvalue weighted by molar-refractivity contribution is -0.124. The lowest BCUT2D eigenvalue weighted by atomic mass is 10.1. The van der Waals surface area contributed by atoms with Crippen LogP contribution in [0.2, 0.25) is 0 Å². The Labute approximate surface area is 806 Å². The van der Waals surface area contributed by atoms with Crippen LogP contribution in [0.25, 0.3) is 89.2 Å². The number of halogens is 3. The van der Waals surface area contributed by atoms with E-state index < -0.39 is 12.7 Å². The number of nitrogen functional groups attached to an aromatic ring is 1. The van der Waals surface area contributed by atoms with Crippen molar-refractivity contribution in [2.45, 2.75) is 52.8 Å². The van der Waals surface area contributed by atoms with Crippen molar-refractivity contribution < 1.29 is 60.9 Å². The summed E-state index contributed by atoms with van der Waals surface area (Å²) >= 11 is 0. The molecule has 0 bridgehead atoms. The van der Waals surface area contributed by atoms with Crippen LogP contribution in [0.15, 0.2) is 214 Å². The second kappa shape index (κ2) is 45.0. The van der Waals surface area contributed by atoms with E-state index in [1.807, 2.05) is 192 Å². The summed E-state index contributed by atoms with van der Waals surface area (Å²) in [7, 11) is 18.8. The molecule has 0 fully saturated rings. The summed E-state index contributed by atoms with van der Waals surface area (Å²) in [4.78, 5) is 54.3. The number of aliphatic hydroxyl groups excluding tert-OH is 1. The maximum Gasteiger partial charge on any atom is 0.401 e. The van der Waals surface area contributed by atoms with Crippen molar-refractivity contribution in [3.63, 3.8) is 0 Å². The van der Waals surface area contributed by atoms with Gasteiger partial charge in [0.05, 0.1) is 186 Å². The van der Waals surface area contributed by atoms with Crippen molar-refractivity contribution in [2.24, 2.45) is 28.2 Å². The molecule has 1 aliphatic heterocycles. The Morgan fingerprint density at radius 1 is 0.443 bits per heavy atom. The van der Waals surface area contributed by atoms with Crippen molar-refractivity contribution in [3.8, 4) is 109 Å². The SMILES string of the molecule is CCc1c(-c2cnc3ccc(N(CCNCC(F)(F)F)c4cc(OC)cc(OC)c4)cc3n2)cnn1C.CCc1c(-c2cnc3ccc(N(CCO)c4cc(OC)cc(OC)c4)cc3n2)cnn1C.COc1cc(N(CCNC(C)C)c2ccc3ncc(-c4cnn(C)c4)nc3c2)cc2c1OCO2.COc1cc(OC)cc(N(CC#Cc2nccc(N)n2)c2ccc3ncc(-c4cnn(C)c4)nc3c2)c1. The van der Waals surface area contributed by atoms with Crippen LogP contribution in [-0.2, 0) is 41.0 Å². The van der Waals surface area contributed by atoms with Crippen molar-refractivity contribution in [3.05, 3.63) is 231 Å². The predicted octanol–water partition coefficient (Wildman–Crippen LogP) is 16.2. The first-order valence-electron chi connectivity index (χ1n) is 44.9. The summed E-state index contributed by atoms with van der Waals surface area (Å²) in [5, 5.41) is 32.9. The standard InChI is InChI=1S/C27H24N8O2.C26H29F3N6O2.C25H28N6O3.C24H27N5O3/c1-34-17-18(15-31-34)25-16-30-23-7-6-19(13-24(23)32-25)35(10-4-5-27-29-9-8-26(28)33-27)20-11-21(36-2)14-22(12-20)37-3;1-5-25-21(14-32-34(25)2)24-15-31-22-7-6-17(12-23(22)33-24)35(9-8-30-16-26(27,28)29)18-10-19(36-3)13-20(11-18)37-4;1-16(2)26-7-8-31(19-10-23(32-4)25-24(11-19)33-15-34-25)18-5-6-20-21(9-18)29-22(13-27-20)17-12-28-30(3)14-17;1-5-24-20(14-26-28(24)2)23-15-25-21-7-6-16(12-22(21)27-23)29(8-9-30)17-10-18(31-3)13-19(11-17)32-4/h6-9,11-17H,10H2,1-3H3,(H2,28,29,33);6-7,10-15,30H,5,8-9,16H2,1-4H3;5-6,9-14,16,26H,7-8,15H2,1-4H3;6-7,10-15,30H,5,8-9H2,1-4H3. The largest absolute Gasteiger partial charge is 0.497 e. The molecule has 35 nitrogen and oxygen atoms in total. The molecule has 0 aliphatic carbocycles. The Balaban J connectivity index is 0.000000141. The molecule has 17 aromatic rings. The van der Waals surface area contributed by atoms with Gasteiger partial charge in [-0.25, -0.2) is 29.9 Å². The van der Waals surface area contributed by atoms with Crippen LogP contribution in [0.3, 0.4) is 0 Å². The number of nitrogens with zero attached hydrogens (tertiary/aromatic N) is 22. The molecule has 722 valence electrons. The molecule has 38 heteroatoms. The van der Waals surface area contributed by atoms with Gasteiger partial charge in [-0.3, -0.25) is 38.7 Å². The Morgan fingerprint density at radius 2 is 0.850 bits per heavy atom. The van der Waals surface area contributed by atoms with Gasteiger partial charge in [0, 0.05) is 231 Å². The third-order valence-electron chi connectivity index (χ3n) is 22.8. The zero-order valence-electron chi connectivity index (χ0n) is 80.2. The number of hydrogen-bond acceptors (Lipinski definition) is 31. The van der Waals surface area contributed by atoms with Crippen LogP contribution in [0.5, 0.6) is 51.7 Å². The molecular formula is C102H108F3N25O10. The van der Waals surface area contributed by atoms with Gasteiger partial charge in [0.15, 0.2) is 11.5 Å². The minimum absolute atomic E-state index is 0.0151. The zero-order chi connectivity index (χ0) is 98.7. The van der Waals surface area contributed by atoms with Crippen LogP contribution in [0, 0.1) is 11.8 Å². The number of ether oxygens (including phenoxy) is 9. The fraction of sp³-hybridized carbons (Fsp3) is 0.275. The first-order chi connectivity index (χ1) is 67.8. The second-order valence-corrected chi connectivity index (χ2v) is 32.3. The maximum absolute atomic E-state index is 12.7. The van der Waals surface area contributed by atoms with Gasteiger partial charge in [-0.2, -0.15) is 33.6 Å². The number of aryl methyl sites for hydroxylation is 4. The maximum atomic E-state index is 12.7. The molecule has 10 heterocycles. The smallest absolute Gasteiger partial charge is 0.401 e. The number of benzene rings is 8. The zero-order valence-corrected chi connectivity index (χ0v) is 80.2. The van der Waals surface area contributed by atoms with Gasteiger partial charge in [-0.05, 0) is 97.6 Å². The van der Waals surface area contributed by atoms with Gasteiger partial charge in [0.2, 0.25) is 18.4 Å². The quantitative estimate of drug-likeness (QED) is 0.0225. The van der Waals surface area contributed by atoms with E-state index >= 15 is 0 Å². The van der Waals surface area contributed by atoms with E-state index in [9.17, 15) is 18.3 Å². The highest BCUT2D eigenvalue weighted by Crippen LogP contribution is 2.47. The number of alkyl halides is 3. The molecule has 0 atom stereocenters. The monoisotopic (exact) mass is 1900 g/mol. The van der Waals surface area contributed by atoms with Crippen LogP contribution >= 0.6 is 0 Å². The Hall–Kier alpha value is -16.5. The van der Waals surface area contributed by atoms with Crippen molar-refractivity contribution >= 4 is 95.5 Å². The van der Waals surface area contributed by atoms with Crippen molar-refractivity contribution in [1.82, 2.24) is 99.6 Å². The molecule has 0 saturated carbocycles. The minimum atomic E-state index is -4.29. The molecule has 0 unspecified atom stereocenters. The number of hydrogen-bond donors (Lipinski definition) is 4. The first kappa shape index (κ1) is 98.0. The van der Waals surface area contributed by atoms with E-state index in [4.69, 9.17) is 68.3 Å². The number of aliphatic hydroxyl groups is 1. The second-order valence-electron chi connectivity index (χ2n) is 32.3. The molecule has 0 saturated heterocycles. The summed E-state index contributed by atoms with van der Waals surface area (Å²) in [6.45, 7) is 10.2. The Morgan fingerprint density at radius 3 is 1.24 bits per heavy atom. The lowest BCUT2D eigenvalue weighted by Gasteiger charge is -2.26. The average Bonchev–Trinajstić information content (AvgIpc) is 1.48. The topological polar surface area (TPSA) is 367 Å². The highest BCUT2D eigenvalue weighted by atomic mass is 19.4. The third kappa shape index (κ3) is 23.7. The number of aromatic nitrogens is 18. The van der Waals surface area contributed by atoms with Crippen LogP contribution in [0.1, 0.15) is 44.9 Å². The number of fused-ring (bicyclic) bond motifs is 5. The van der Waals surface area contributed by atoms with Gasteiger partial charge in [-0.1, -0.05) is 33.6 Å². The van der Waals surface area contributed by atoms with E-state index in [1.54, 1.807) is 121 Å². The Bertz CT molecular complexity index is 7200. The van der Waals surface area contributed by atoms with Gasteiger partial charge in [0.1, 0.15) is 40.3 Å². The fourth-order valence-electron chi connectivity index (χ4n) is 15.8. The van der Waals surface area contributed by atoms with Crippen LogP contribution in [-0.4, -0.2) is 215 Å². The third-order valence-corrected chi connectivity index (χ3v) is 22.8. The summed E-state index contributed by atoms with van der Waals surface area (Å²) < 4.78 is 94.8. The van der Waals surface area contributed by atoms with Crippen molar-refractivity contribution in [1.29, 1.82) is 0 Å². The number of nitrogens with two attached hydrogens (primary N) is 1. The van der Waals surface area contributed by atoms with E-state index in [1.165, 1.54) is 0 Å². The van der Waals surface area contributed by atoms with E-state index in [-0.39, 0.29) is 26.5 Å². The molecule has 1 aliphatic rings. The highest BCUT2D eigenvalue weighted by Gasteiger charge is 2.28. The molecule has 18 rings (SSSR count). The number of methoxy groups -OCH3 is 7. The molecule has 5 N–H and O–H groups in total. The van der Waals surface area contributed by atoms with Crippen LogP contribution < -0.4 is 78.6 Å². The lowest BCUT2D eigenvalue weighted by Crippen LogP contribution is -2.34. The number of anilines is 9. The predicted molar refractivity (Wildman–Crippen MR) is 534 cm³/mol. The summed E-state index contributed by atoms with van der Waals surface area (Å²) in [5.74, 6) is 12.6. The fourth-order valence-corrected chi connectivity index (χ4v) is 15.8. The molecule has 9 aromatic heterocycles. The van der Waals surface area contributed by atoms with Crippen molar-refractivity contribution in [2.75, 3.05) is 134 Å². The number of rotatable bonds is 32. The molecular weight excluding hydrogens is 1790 g/mol.